The van der Waals surface area contributed by atoms with Gasteiger partial charge in [0.2, 0.25) is 0 Å². The van der Waals surface area contributed by atoms with Crippen LogP contribution < -0.4 is 15.6 Å². The number of allylic oxidation sites excluding steroid dienone is 1. The number of rotatable bonds is 4. The van der Waals surface area contributed by atoms with Crippen LogP contribution in [0.3, 0.4) is 0 Å². The van der Waals surface area contributed by atoms with Gasteiger partial charge < -0.3 is 0 Å². The van der Waals surface area contributed by atoms with Crippen molar-refractivity contribution in [3.8, 4) is 11.1 Å². The summed E-state index contributed by atoms with van der Waals surface area (Å²) in [5.74, 6) is 0.256. The average Bonchev–Trinajstić information content (AvgIpc) is 3.55. The molecule has 0 saturated heterocycles. The first-order chi connectivity index (χ1) is 19.8. The highest BCUT2D eigenvalue weighted by Gasteiger charge is 2.35. The second-order valence-electron chi connectivity index (χ2n) is 11.1. The topological polar surface area (TPSA) is 0 Å². The number of hydrogen-bond donors (Lipinski definition) is 0. The van der Waals surface area contributed by atoms with Crippen molar-refractivity contribution in [1.82, 2.24) is 0 Å². The second kappa shape index (κ2) is 9.33. The molecule has 6 aromatic rings. The SMILES string of the molecule is CC1=Cc2c(ccc3ccccc23)C1c1c([Si](c2ccccc2)c2ccccc2)ccc2c1Cc1ccccc1-2. The molecule has 1 heteroatoms. The summed E-state index contributed by atoms with van der Waals surface area (Å²) in [7, 11) is -1.25. The molecule has 0 bridgehead atoms. The zero-order valence-corrected chi connectivity index (χ0v) is 23.6. The molecule has 0 nitrogen and oxygen atoms in total. The van der Waals surface area contributed by atoms with Crippen molar-refractivity contribution in [2.24, 2.45) is 0 Å². The molecule has 0 aromatic heterocycles. The van der Waals surface area contributed by atoms with E-state index in [0.717, 1.165) is 6.42 Å². The molecule has 6 aromatic carbocycles. The lowest BCUT2D eigenvalue weighted by Gasteiger charge is -2.27. The van der Waals surface area contributed by atoms with Crippen LogP contribution in [0.4, 0.5) is 0 Å². The van der Waals surface area contributed by atoms with E-state index >= 15 is 0 Å². The van der Waals surface area contributed by atoms with Gasteiger partial charge in [-0.15, -0.1) is 0 Å². The van der Waals surface area contributed by atoms with Gasteiger partial charge in [-0.05, 0) is 68.2 Å². The highest BCUT2D eigenvalue weighted by molar-refractivity contribution is 6.95. The quantitative estimate of drug-likeness (QED) is 0.165. The Balaban J connectivity index is 1.43. The molecule has 0 N–H and O–H groups in total. The van der Waals surface area contributed by atoms with Gasteiger partial charge >= 0.3 is 0 Å². The van der Waals surface area contributed by atoms with Crippen molar-refractivity contribution in [2.45, 2.75) is 19.3 Å². The number of benzene rings is 6. The molecule has 8 rings (SSSR count). The predicted molar refractivity (Wildman–Crippen MR) is 172 cm³/mol. The Labute approximate surface area is 237 Å². The Morgan fingerprint density at radius 1 is 0.600 bits per heavy atom. The molecule has 189 valence electrons. The molecule has 0 saturated carbocycles. The lowest BCUT2D eigenvalue weighted by atomic mass is 9.84. The van der Waals surface area contributed by atoms with Gasteiger partial charge in [-0.2, -0.15) is 0 Å². The van der Waals surface area contributed by atoms with Crippen LogP contribution in [0.15, 0.2) is 139 Å². The molecule has 2 aliphatic carbocycles. The molecule has 0 amide bonds. The zero-order chi connectivity index (χ0) is 26.6. The normalized spacial score (nSPS) is 15.2. The summed E-state index contributed by atoms with van der Waals surface area (Å²) in [6.45, 7) is 2.35. The molecule has 1 radical (unpaired) electrons. The van der Waals surface area contributed by atoms with Gasteiger partial charge in [0.25, 0.3) is 0 Å². The van der Waals surface area contributed by atoms with Crippen LogP contribution in [0.25, 0.3) is 28.0 Å². The highest BCUT2D eigenvalue weighted by atomic mass is 28.3. The van der Waals surface area contributed by atoms with Crippen LogP contribution in [0.5, 0.6) is 0 Å². The lowest BCUT2D eigenvalue weighted by Crippen LogP contribution is -2.53. The molecular formula is C39H29Si. The summed E-state index contributed by atoms with van der Waals surface area (Å²) in [6.07, 6.45) is 3.46. The summed E-state index contributed by atoms with van der Waals surface area (Å²) in [4.78, 5) is 0. The van der Waals surface area contributed by atoms with Gasteiger partial charge in [0.1, 0.15) is 0 Å². The van der Waals surface area contributed by atoms with E-state index in [1.54, 1.807) is 0 Å². The third-order valence-electron chi connectivity index (χ3n) is 8.86. The van der Waals surface area contributed by atoms with Crippen molar-refractivity contribution in [3.05, 3.63) is 167 Å². The smallest absolute Gasteiger partial charge is 0.0624 e. The van der Waals surface area contributed by atoms with Crippen molar-refractivity contribution in [2.75, 3.05) is 0 Å². The number of fused-ring (bicyclic) bond motifs is 6. The van der Waals surface area contributed by atoms with Crippen molar-refractivity contribution >= 4 is 41.2 Å². The molecule has 0 heterocycles. The fourth-order valence-corrected chi connectivity index (χ4v) is 9.96. The molecule has 0 aliphatic heterocycles. The molecule has 40 heavy (non-hydrogen) atoms. The fraction of sp³-hybridized carbons (Fsp3) is 0.0769. The number of hydrogen-bond acceptors (Lipinski definition) is 0. The molecule has 1 unspecified atom stereocenters. The van der Waals surface area contributed by atoms with E-state index in [-0.39, 0.29) is 5.92 Å². The van der Waals surface area contributed by atoms with Crippen molar-refractivity contribution in [3.63, 3.8) is 0 Å². The van der Waals surface area contributed by atoms with Crippen molar-refractivity contribution in [1.29, 1.82) is 0 Å². The highest BCUT2D eigenvalue weighted by Crippen LogP contribution is 2.48. The molecule has 2 aliphatic rings. The van der Waals surface area contributed by atoms with Gasteiger partial charge in [-0.3, -0.25) is 0 Å². The van der Waals surface area contributed by atoms with Crippen LogP contribution in [-0.2, 0) is 6.42 Å². The van der Waals surface area contributed by atoms with Gasteiger partial charge in [-0.1, -0.05) is 155 Å². The van der Waals surface area contributed by atoms with Crippen LogP contribution in [0.2, 0.25) is 0 Å². The molecular weight excluding hydrogens is 497 g/mol. The monoisotopic (exact) mass is 525 g/mol. The Kier molecular flexibility index (Phi) is 5.46. The largest absolute Gasteiger partial charge is 0.154 e. The Morgan fingerprint density at radius 2 is 1.27 bits per heavy atom. The minimum absolute atomic E-state index is 0.256. The summed E-state index contributed by atoms with van der Waals surface area (Å²) in [6, 6.07) is 49.9. The zero-order valence-electron chi connectivity index (χ0n) is 22.6. The van der Waals surface area contributed by atoms with E-state index in [4.69, 9.17) is 0 Å². The van der Waals surface area contributed by atoms with Gasteiger partial charge in [-0.25, -0.2) is 0 Å². The lowest BCUT2D eigenvalue weighted by molar-refractivity contribution is 0.963. The van der Waals surface area contributed by atoms with Crippen LogP contribution in [0.1, 0.15) is 40.7 Å². The summed E-state index contributed by atoms with van der Waals surface area (Å²) >= 11 is 0. The Hall–Kier alpha value is -4.46. The average molecular weight is 526 g/mol. The van der Waals surface area contributed by atoms with E-state index in [2.05, 4.69) is 146 Å². The van der Waals surface area contributed by atoms with Crippen molar-refractivity contribution < 1.29 is 0 Å². The third-order valence-corrected chi connectivity index (χ3v) is 11.7. The van der Waals surface area contributed by atoms with E-state index in [9.17, 15) is 0 Å². The first-order valence-electron chi connectivity index (χ1n) is 14.2. The second-order valence-corrected chi connectivity index (χ2v) is 13.5. The molecule has 1 atom stereocenters. The van der Waals surface area contributed by atoms with E-state index in [1.807, 2.05) is 0 Å². The maximum Gasteiger partial charge on any atom is 0.154 e. The van der Waals surface area contributed by atoms with E-state index in [1.165, 1.54) is 70.8 Å². The van der Waals surface area contributed by atoms with Gasteiger partial charge in [0.05, 0.1) is 0 Å². The standard InChI is InChI=1S/C39H29Si/c1-26-24-35-31-18-10-8-12-27(31)20-21-34(35)38(26)39-36-25-28-13-9-11-19-32(28)33(36)22-23-37(39)40(29-14-4-2-5-15-29)30-16-6-3-7-17-30/h2-24,38H,25H2,1H3. The van der Waals surface area contributed by atoms with Gasteiger partial charge in [0, 0.05) is 5.92 Å². The summed E-state index contributed by atoms with van der Waals surface area (Å²) in [5, 5.41) is 7.07. The minimum atomic E-state index is -1.25. The predicted octanol–water partition coefficient (Wildman–Crippen LogP) is 7.48. The molecule has 0 fully saturated rings. The Bertz CT molecular complexity index is 1890. The minimum Gasteiger partial charge on any atom is -0.0624 e. The van der Waals surface area contributed by atoms with Crippen LogP contribution >= 0.6 is 0 Å². The molecule has 0 spiro atoms. The van der Waals surface area contributed by atoms with Crippen LogP contribution in [0, 0.1) is 0 Å². The van der Waals surface area contributed by atoms with E-state index < -0.39 is 8.80 Å². The van der Waals surface area contributed by atoms with Gasteiger partial charge in [0.15, 0.2) is 8.80 Å². The Morgan fingerprint density at radius 3 is 2.05 bits per heavy atom. The third kappa shape index (κ3) is 3.58. The fourth-order valence-electron chi connectivity index (χ4n) is 7.13. The first-order valence-corrected chi connectivity index (χ1v) is 15.7. The maximum absolute atomic E-state index is 2.48. The van der Waals surface area contributed by atoms with Crippen LogP contribution in [-0.4, -0.2) is 8.80 Å². The first kappa shape index (κ1) is 23.4. The maximum atomic E-state index is 2.48. The summed E-state index contributed by atoms with van der Waals surface area (Å²) in [5.41, 5.74) is 11.6. The summed E-state index contributed by atoms with van der Waals surface area (Å²) < 4.78 is 0. The van der Waals surface area contributed by atoms with E-state index in [0.29, 0.717) is 0 Å².